The number of benzene rings is 1. The van der Waals surface area contributed by atoms with Crippen LogP contribution in [0.4, 0.5) is 4.39 Å². The lowest BCUT2D eigenvalue weighted by atomic mass is 10.2. The first-order valence-electron chi connectivity index (χ1n) is 4.39. The van der Waals surface area contributed by atoms with E-state index in [0.717, 1.165) is 11.3 Å². The molecule has 0 heterocycles. The topological polar surface area (TPSA) is 38.3 Å². The molecule has 1 aromatic carbocycles. The van der Waals surface area contributed by atoms with E-state index in [9.17, 15) is 9.18 Å². The molecule has 0 aliphatic rings. The van der Waals surface area contributed by atoms with E-state index < -0.39 is 11.7 Å². The van der Waals surface area contributed by atoms with E-state index in [4.69, 9.17) is 4.74 Å². The van der Waals surface area contributed by atoms with Gasteiger partial charge in [0, 0.05) is 6.54 Å². The highest BCUT2D eigenvalue weighted by atomic mass is 19.1. The van der Waals surface area contributed by atoms with Crippen molar-refractivity contribution in [2.75, 3.05) is 7.11 Å². The zero-order chi connectivity index (χ0) is 11.3. The molecule has 4 heteroatoms. The van der Waals surface area contributed by atoms with E-state index in [2.05, 4.69) is 11.9 Å². The molecule has 15 heavy (non-hydrogen) atoms. The number of rotatable bonds is 4. The van der Waals surface area contributed by atoms with Crippen molar-refractivity contribution in [2.45, 2.75) is 6.54 Å². The Labute approximate surface area is 87.6 Å². The van der Waals surface area contributed by atoms with E-state index >= 15 is 0 Å². The molecular weight excluding hydrogens is 197 g/mol. The highest BCUT2D eigenvalue weighted by Crippen LogP contribution is 2.10. The highest BCUT2D eigenvalue weighted by Gasteiger charge is 2.04. The van der Waals surface area contributed by atoms with Crippen LogP contribution in [0.5, 0.6) is 5.75 Å². The number of halogens is 1. The molecule has 1 N–H and O–H groups in total. The van der Waals surface area contributed by atoms with Gasteiger partial charge >= 0.3 is 0 Å². The molecule has 0 saturated carbocycles. The van der Waals surface area contributed by atoms with Crippen molar-refractivity contribution in [1.29, 1.82) is 0 Å². The first kappa shape index (κ1) is 11.2. The minimum atomic E-state index is -0.983. The number of hydrogen-bond acceptors (Lipinski definition) is 2. The molecule has 0 spiro atoms. The number of carbonyl (C=O) groups excluding carboxylic acids is 1. The van der Waals surface area contributed by atoms with Gasteiger partial charge in [-0.25, -0.2) is 4.39 Å². The van der Waals surface area contributed by atoms with Crippen molar-refractivity contribution >= 4 is 5.91 Å². The van der Waals surface area contributed by atoms with Crippen LogP contribution in [0.1, 0.15) is 5.56 Å². The molecular formula is C11H12FNO2. The lowest BCUT2D eigenvalue weighted by Gasteiger charge is -2.04. The number of carbonyl (C=O) groups is 1. The van der Waals surface area contributed by atoms with Crippen molar-refractivity contribution in [3.63, 3.8) is 0 Å². The summed E-state index contributed by atoms with van der Waals surface area (Å²) in [4.78, 5) is 10.8. The summed E-state index contributed by atoms with van der Waals surface area (Å²) in [6.07, 6.45) is 0. The van der Waals surface area contributed by atoms with Gasteiger partial charge in [0.05, 0.1) is 7.11 Å². The monoisotopic (exact) mass is 209 g/mol. The van der Waals surface area contributed by atoms with E-state index in [1.807, 2.05) is 0 Å². The van der Waals surface area contributed by atoms with Gasteiger partial charge in [-0.15, -0.1) is 0 Å². The maximum absolute atomic E-state index is 12.3. The minimum absolute atomic E-state index is 0.270. The summed E-state index contributed by atoms with van der Waals surface area (Å²) >= 11 is 0. The molecule has 80 valence electrons. The Bertz CT molecular complexity index is 359. The average Bonchev–Trinajstić information content (AvgIpc) is 2.26. The second kappa shape index (κ2) is 5.14. The Kier molecular flexibility index (Phi) is 3.85. The Morgan fingerprint density at radius 1 is 1.47 bits per heavy atom. The van der Waals surface area contributed by atoms with Crippen LogP contribution in [-0.4, -0.2) is 13.0 Å². The van der Waals surface area contributed by atoms with Gasteiger partial charge in [-0.05, 0) is 17.7 Å². The van der Waals surface area contributed by atoms with Crippen LogP contribution in [-0.2, 0) is 11.3 Å². The largest absolute Gasteiger partial charge is 0.497 e. The maximum atomic E-state index is 12.3. The molecule has 0 aliphatic heterocycles. The Morgan fingerprint density at radius 2 is 2.07 bits per heavy atom. The van der Waals surface area contributed by atoms with E-state index in [0.29, 0.717) is 0 Å². The number of hydrogen-bond donors (Lipinski definition) is 1. The fourth-order valence-corrected chi connectivity index (χ4v) is 1.02. The predicted octanol–water partition coefficient (Wildman–Crippen LogP) is 1.79. The van der Waals surface area contributed by atoms with Gasteiger partial charge in [-0.2, -0.15) is 0 Å². The number of amides is 1. The van der Waals surface area contributed by atoms with Crippen molar-refractivity contribution < 1.29 is 13.9 Å². The predicted molar refractivity (Wildman–Crippen MR) is 55.1 cm³/mol. The Hall–Kier alpha value is -1.84. The lowest BCUT2D eigenvalue weighted by molar-refractivity contribution is -0.119. The zero-order valence-corrected chi connectivity index (χ0v) is 8.42. The van der Waals surface area contributed by atoms with Gasteiger partial charge in [0.2, 0.25) is 0 Å². The van der Waals surface area contributed by atoms with Crippen molar-refractivity contribution in [3.8, 4) is 5.75 Å². The number of ether oxygens (including phenoxy) is 1. The summed E-state index contributed by atoms with van der Waals surface area (Å²) < 4.78 is 17.3. The molecule has 1 aromatic rings. The van der Waals surface area contributed by atoms with Gasteiger partial charge in [0.25, 0.3) is 5.91 Å². The normalized spacial score (nSPS) is 9.47. The Balaban J connectivity index is 2.51. The van der Waals surface area contributed by atoms with Crippen molar-refractivity contribution in [3.05, 3.63) is 42.2 Å². The first-order valence-corrected chi connectivity index (χ1v) is 4.39. The molecule has 0 bridgehead atoms. The van der Waals surface area contributed by atoms with Gasteiger partial charge in [0.1, 0.15) is 5.75 Å². The second-order valence-electron chi connectivity index (χ2n) is 2.94. The molecule has 0 atom stereocenters. The summed E-state index contributed by atoms with van der Waals surface area (Å²) in [5.74, 6) is -1.03. The molecule has 0 aromatic heterocycles. The number of nitrogens with one attached hydrogen (secondary N) is 1. The third-order valence-corrected chi connectivity index (χ3v) is 1.86. The molecule has 3 nitrogen and oxygen atoms in total. The third kappa shape index (κ3) is 3.42. The summed E-state index contributed by atoms with van der Waals surface area (Å²) in [5, 5.41) is 2.38. The standard InChI is InChI=1S/C11H12FNO2/c1-8(12)11(14)13-7-9-3-5-10(15-2)6-4-9/h3-6H,1,7H2,2H3,(H,13,14). The van der Waals surface area contributed by atoms with Crippen molar-refractivity contribution in [1.82, 2.24) is 5.32 Å². The van der Waals surface area contributed by atoms with Crippen molar-refractivity contribution in [2.24, 2.45) is 0 Å². The molecule has 1 amide bonds. The molecule has 0 aliphatic carbocycles. The lowest BCUT2D eigenvalue weighted by Crippen LogP contribution is -2.22. The van der Waals surface area contributed by atoms with Crippen LogP contribution in [0, 0.1) is 0 Å². The molecule has 1 rings (SSSR count). The van der Waals surface area contributed by atoms with Gasteiger partial charge < -0.3 is 10.1 Å². The second-order valence-corrected chi connectivity index (χ2v) is 2.94. The van der Waals surface area contributed by atoms with Crippen LogP contribution < -0.4 is 10.1 Å². The van der Waals surface area contributed by atoms with E-state index in [1.165, 1.54) is 0 Å². The van der Waals surface area contributed by atoms with Crippen LogP contribution >= 0.6 is 0 Å². The maximum Gasteiger partial charge on any atom is 0.279 e. The van der Waals surface area contributed by atoms with Crippen LogP contribution in [0.3, 0.4) is 0 Å². The minimum Gasteiger partial charge on any atom is -0.497 e. The summed E-state index contributed by atoms with van der Waals surface area (Å²) in [7, 11) is 1.57. The van der Waals surface area contributed by atoms with E-state index in [1.54, 1.807) is 31.4 Å². The van der Waals surface area contributed by atoms with Gasteiger partial charge in [-0.3, -0.25) is 4.79 Å². The summed E-state index contributed by atoms with van der Waals surface area (Å²) in [5.41, 5.74) is 0.866. The van der Waals surface area contributed by atoms with Gasteiger partial charge in [0.15, 0.2) is 5.83 Å². The SMILES string of the molecule is C=C(F)C(=O)NCc1ccc(OC)cc1. The fraction of sp³-hybridized carbons (Fsp3) is 0.182. The van der Waals surface area contributed by atoms with Gasteiger partial charge in [-0.1, -0.05) is 18.7 Å². The molecule has 0 radical (unpaired) electrons. The molecule has 0 unspecified atom stereocenters. The van der Waals surface area contributed by atoms with E-state index in [-0.39, 0.29) is 6.54 Å². The smallest absolute Gasteiger partial charge is 0.279 e. The molecule has 0 saturated heterocycles. The first-order chi connectivity index (χ1) is 7.13. The summed E-state index contributed by atoms with van der Waals surface area (Å²) in [6, 6.07) is 7.12. The van der Waals surface area contributed by atoms with Crippen LogP contribution in [0.2, 0.25) is 0 Å². The average molecular weight is 209 g/mol. The van der Waals surface area contributed by atoms with Crippen LogP contribution in [0.15, 0.2) is 36.7 Å². The Morgan fingerprint density at radius 3 is 2.53 bits per heavy atom. The molecule has 0 fully saturated rings. The van der Waals surface area contributed by atoms with Crippen LogP contribution in [0.25, 0.3) is 0 Å². The number of methoxy groups -OCH3 is 1. The summed E-state index contributed by atoms with van der Waals surface area (Å²) in [6.45, 7) is 3.17. The zero-order valence-electron chi connectivity index (χ0n) is 8.42. The quantitative estimate of drug-likeness (QED) is 0.768. The third-order valence-electron chi connectivity index (χ3n) is 1.86. The fourth-order valence-electron chi connectivity index (χ4n) is 1.02. The highest BCUT2D eigenvalue weighted by molar-refractivity contribution is 5.90.